The van der Waals surface area contributed by atoms with E-state index in [0.29, 0.717) is 13.1 Å². The van der Waals surface area contributed by atoms with Crippen LogP contribution >= 0.6 is 0 Å². The minimum Gasteiger partial charge on any atom is -0.457 e. The highest BCUT2D eigenvalue weighted by Crippen LogP contribution is 2.18. The minimum absolute atomic E-state index is 0.0120. The van der Waals surface area contributed by atoms with E-state index in [2.05, 4.69) is 10.6 Å². The molecule has 1 amide bonds. The molecule has 0 radical (unpaired) electrons. The summed E-state index contributed by atoms with van der Waals surface area (Å²) in [4.78, 5) is 11.4. The maximum absolute atomic E-state index is 13.3. The molecule has 1 aliphatic rings. The fourth-order valence-electron chi connectivity index (χ4n) is 2.15. The minimum atomic E-state index is -2.18. The summed E-state index contributed by atoms with van der Waals surface area (Å²) in [6.07, 6.45) is -3.93. The number of ether oxygens (including phenoxy) is 1. The van der Waals surface area contributed by atoms with Crippen LogP contribution in [0.25, 0.3) is 0 Å². The van der Waals surface area contributed by atoms with E-state index in [1.54, 1.807) is 12.1 Å². The van der Waals surface area contributed by atoms with Crippen molar-refractivity contribution in [3.8, 4) is 5.75 Å². The number of hydrogen-bond donors (Lipinski definition) is 2. The van der Waals surface area contributed by atoms with Crippen molar-refractivity contribution in [1.82, 2.24) is 10.6 Å². The van der Waals surface area contributed by atoms with Gasteiger partial charge in [-0.1, -0.05) is 12.1 Å². The molecule has 0 bridgehead atoms. The number of rotatable bonds is 8. The Labute approximate surface area is 127 Å². The van der Waals surface area contributed by atoms with Crippen molar-refractivity contribution in [3.05, 3.63) is 29.8 Å². The van der Waals surface area contributed by atoms with Gasteiger partial charge < -0.3 is 15.4 Å². The van der Waals surface area contributed by atoms with Crippen molar-refractivity contribution in [3.63, 3.8) is 0 Å². The van der Waals surface area contributed by atoms with Crippen molar-refractivity contribution in [2.45, 2.75) is 38.0 Å². The quantitative estimate of drug-likeness (QED) is 0.772. The molecule has 22 heavy (non-hydrogen) atoms. The van der Waals surface area contributed by atoms with E-state index in [4.69, 9.17) is 4.74 Å². The SMILES string of the molecule is O=C1NCCC1NCc1ccc(OC(F)C(F)CCF)cc1. The highest BCUT2D eigenvalue weighted by Gasteiger charge is 2.23. The van der Waals surface area contributed by atoms with Crippen molar-refractivity contribution in [2.75, 3.05) is 13.2 Å². The Hall–Kier alpha value is -1.76. The van der Waals surface area contributed by atoms with E-state index >= 15 is 0 Å². The highest BCUT2D eigenvalue weighted by molar-refractivity contribution is 5.83. The molecule has 1 saturated heterocycles. The Morgan fingerprint density at radius 2 is 2.05 bits per heavy atom. The second-order valence-electron chi connectivity index (χ2n) is 5.12. The first-order valence-electron chi connectivity index (χ1n) is 7.21. The summed E-state index contributed by atoms with van der Waals surface area (Å²) < 4.78 is 43.2. The largest absolute Gasteiger partial charge is 0.457 e. The number of hydrogen-bond acceptors (Lipinski definition) is 3. The van der Waals surface area contributed by atoms with Gasteiger partial charge in [0.15, 0.2) is 6.17 Å². The van der Waals surface area contributed by atoms with Crippen molar-refractivity contribution >= 4 is 5.91 Å². The van der Waals surface area contributed by atoms with Crippen LogP contribution in [0, 0.1) is 0 Å². The van der Waals surface area contributed by atoms with Crippen LogP contribution in [-0.4, -0.2) is 37.7 Å². The third-order valence-electron chi connectivity index (χ3n) is 3.44. The molecule has 1 aliphatic heterocycles. The highest BCUT2D eigenvalue weighted by atomic mass is 19.2. The van der Waals surface area contributed by atoms with Crippen molar-refractivity contribution in [1.29, 1.82) is 0 Å². The summed E-state index contributed by atoms with van der Waals surface area (Å²) in [5.74, 6) is 0.165. The van der Waals surface area contributed by atoms with Gasteiger partial charge in [-0.3, -0.25) is 9.18 Å². The van der Waals surface area contributed by atoms with Gasteiger partial charge >= 0.3 is 0 Å². The van der Waals surface area contributed by atoms with E-state index in [0.717, 1.165) is 12.0 Å². The Kier molecular flexibility index (Phi) is 6.06. The molecule has 1 heterocycles. The van der Waals surface area contributed by atoms with E-state index in [1.165, 1.54) is 12.1 Å². The zero-order valence-corrected chi connectivity index (χ0v) is 12.0. The number of nitrogens with one attached hydrogen (secondary N) is 2. The Morgan fingerprint density at radius 1 is 1.32 bits per heavy atom. The lowest BCUT2D eigenvalue weighted by atomic mass is 10.2. The summed E-state index contributed by atoms with van der Waals surface area (Å²) in [7, 11) is 0. The van der Waals surface area contributed by atoms with Gasteiger partial charge in [0.2, 0.25) is 5.91 Å². The van der Waals surface area contributed by atoms with Gasteiger partial charge in [0.25, 0.3) is 6.36 Å². The van der Waals surface area contributed by atoms with Gasteiger partial charge in [-0.2, -0.15) is 4.39 Å². The maximum Gasteiger partial charge on any atom is 0.269 e. The number of halogens is 3. The number of carbonyl (C=O) groups excluding carboxylic acids is 1. The van der Waals surface area contributed by atoms with E-state index < -0.39 is 25.6 Å². The predicted molar refractivity (Wildman–Crippen MR) is 75.7 cm³/mol. The van der Waals surface area contributed by atoms with Gasteiger partial charge in [0, 0.05) is 19.5 Å². The first-order chi connectivity index (χ1) is 10.6. The maximum atomic E-state index is 13.3. The molecule has 0 aliphatic carbocycles. The molecule has 3 unspecified atom stereocenters. The third kappa shape index (κ3) is 4.62. The van der Waals surface area contributed by atoms with E-state index in [-0.39, 0.29) is 17.7 Å². The van der Waals surface area contributed by atoms with Crippen LogP contribution in [0.2, 0.25) is 0 Å². The van der Waals surface area contributed by atoms with Crippen LogP contribution in [0.15, 0.2) is 24.3 Å². The van der Waals surface area contributed by atoms with Crippen LogP contribution in [0.5, 0.6) is 5.75 Å². The smallest absolute Gasteiger partial charge is 0.269 e. The van der Waals surface area contributed by atoms with Gasteiger partial charge in [0.05, 0.1) is 12.7 Å². The summed E-state index contributed by atoms with van der Waals surface area (Å²) in [6.45, 7) is 0.236. The molecule has 4 nitrogen and oxygen atoms in total. The molecule has 2 rings (SSSR count). The Bertz CT molecular complexity index is 484. The first kappa shape index (κ1) is 16.6. The molecular formula is C15H19F3N2O2. The average Bonchev–Trinajstić information content (AvgIpc) is 2.92. The number of benzene rings is 1. The second kappa shape index (κ2) is 8.03. The van der Waals surface area contributed by atoms with Crippen LogP contribution in [0.3, 0.4) is 0 Å². The first-order valence-corrected chi connectivity index (χ1v) is 7.21. The molecule has 1 aromatic carbocycles. The fraction of sp³-hybridized carbons (Fsp3) is 0.533. The summed E-state index contributed by atoms with van der Waals surface area (Å²) in [5, 5.41) is 5.85. The molecule has 2 N–H and O–H groups in total. The molecule has 0 spiro atoms. The van der Waals surface area contributed by atoms with Crippen molar-refractivity contribution in [2.24, 2.45) is 0 Å². The van der Waals surface area contributed by atoms with Gasteiger partial charge in [-0.15, -0.1) is 0 Å². The average molecular weight is 316 g/mol. The lowest BCUT2D eigenvalue weighted by Gasteiger charge is -2.15. The summed E-state index contributed by atoms with van der Waals surface area (Å²) >= 11 is 0. The van der Waals surface area contributed by atoms with Crippen LogP contribution in [-0.2, 0) is 11.3 Å². The van der Waals surface area contributed by atoms with E-state index in [9.17, 15) is 18.0 Å². The van der Waals surface area contributed by atoms with Gasteiger partial charge in [-0.25, -0.2) is 4.39 Å². The monoisotopic (exact) mass is 316 g/mol. The lowest BCUT2D eigenvalue weighted by Crippen LogP contribution is -2.35. The van der Waals surface area contributed by atoms with Crippen LogP contribution < -0.4 is 15.4 Å². The van der Waals surface area contributed by atoms with Crippen LogP contribution in [0.4, 0.5) is 13.2 Å². The van der Waals surface area contributed by atoms with Crippen LogP contribution in [0.1, 0.15) is 18.4 Å². The second-order valence-corrected chi connectivity index (χ2v) is 5.12. The zero-order chi connectivity index (χ0) is 15.9. The topological polar surface area (TPSA) is 50.4 Å². The van der Waals surface area contributed by atoms with Gasteiger partial charge in [-0.05, 0) is 24.1 Å². The molecule has 3 atom stereocenters. The molecule has 122 valence electrons. The van der Waals surface area contributed by atoms with E-state index in [1.807, 2.05) is 0 Å². The molecular weight excluding hydrogens is 297 g/mol. The fourth-order valence-corrected chi connectivity index (χ4v) is 2.15. The predicted octanol–water partition coefficient (Wildman–Crippen LogP) is 2.04. The zero-order valence-electron chi connectivity index (χ0n) is 12.0. The molecule has 7 heteroatoms. The standard InChI is InChI=1S/C15H19F3N2O2/c16-7-5-12(17)14(18)22-11-3-1-10(2-4-11)9-20-13-6-8-19-15(13)21/h1-4,12-14,20H,5-9H2,(H,19,21). The normalized spacial score (nSPS) is 20.5. The Balaban J connectivity index is 1.81. The summed E-state index contributed by atoms with van der Waals surface area (Å²) in [6, 6.07) is 6.23. The molecule has 0 saturated carbocycles. The number of carbonyl (C=O) groups is 1. The Morgan fingerprint density at radius 3 is 2.64 bits per heavy atom. The third-order valence-corrected chi connectivity index (χ3v) is 3.44. The number of alkyl halides is 3. The molecule has 1 aromatic rings. The molecule has 0 aromatic heterocycles. The molecule has 1 fully saturated rings. The van der Waals surface area contributed by atoms with Gasteiger partial charge in [0.1, 0.15) is 5.75 Å². The summed E-state index contributed by atoms with van der Waals surface area (Å²) in [5.41, 5.74) is 0.892. The lowest BCUT2D eigenvalue weighted by molar-refractivity contribution is -0.120. The number of amides is 1. The van der Waals surface area contributed by atoms with Crippen molar-refractivity contribution < 1.29 is 22.7 Å².